The minimum atomic E-state index is -0.347. The Bertz CT molecular complexity index is 293. The lowest BCUT2D eigenvalue weighted by Gasteiger charge is -2.04. The molecule has 0 aliphatic heterocycles. The van der Waals surface area contributed by atoms with Crippen molar-refractivity contribution < 1.29 is 4.39 Å². The molecule has 0 saturated heterocycles. The van der Waals surface area contributed by atoms with E-state index < -0.39 is 0 Å². The molecule has 14 heavy (non-hydrogen) atoms. The van der Waals surface area contributed by atoms with Gasteiger partial charge in [-0.25, -0.2) is 4.39 Å². The Morgan fingerprint density at radius 3 is 2.86 bits per heavy atom. The fraction of sp³-hybridized carbons (Fsp3) is 0.400. The number of benzene rings is 1. The highest BCUT2D eigenvalue weighted by Gasteiger charge is 1.99. The van der Waals surface area contributed by atoms with Gasteiger partial charge in [-0.15, -0.1) is 0 Å². The van der Waals surface area contributed by atoms with Crippen molar-refractivity contribution in [1.82, 2.24) is 5.32 Å². The van der Waals surface area contributed by atoms with Crippen LogP contribution in [-0.4, -0.2) is 11.0 Å². The zero-order valence-corrected chi connectivity index (χ0v) is 10.6. The quantitative estimate of drug-likeness (QED) is 0.496. The molecule has 0 aromatic heterocycles. The van der Waals surface area contributed by atoms with E-state index in [2.05, 4.69) is 27.9 Å². The van der Waals surface area contributed by atoms with Crippen molar-refractivity contribution in [2.24, 2.45) is 0 Å². The first-order valence-electron chi connectivity index (χ1n) is 4.44. The Hall–Kier alpha value is 0.130. The first-order chi connectivity index (χ1) is 6.74. The summed E-state index contributed by atoms with van der Waals surface area (Å²) in [6.07, 6.45) is 1.14. The molecule has 1 rings (SSSR count). The van der Waals surface area contributed by atoms with Crippen LogP contribution in [0.15, 0.2) is 18.2 Å². The van der Waals surface area contributed by atoms with Crippen molar-refractivity contribution in [3.05, 3.63) is 34.6 Å². The Balaban J connectivity index is 2.39. The lowest BCUT2D eigenvalue weighted by molar-refractivity contribution is 0.620. The lowest BCUT2D eigenvalue weighted by Crippen LogP contribution is -2.14. The second-order valence-electron chi connectivity index (χ2n) is 2.97. The highest BCUT2D eigenvalue weighted by Crippen LogP contribution is 2.15. The number of hydrogen-bond donors (Lipinski definition) is 1. The van der Waals surface area contributed by atoms with Crippen LogP contribution in [0.1, 0.15) is 12.0 Å². The summed E-state index contributed by atoms with van der Waals surface area (Å²) >= 11 is 7.90. The number of rotatable bonds is 5. The van der Waals surface area contributed by atoms with E-state index in [1.165, 1.54) is 6.07 Å². The predicted molar refractivity (Wildman–Crippen MR) is 66.6 cm³/mol. The summed E-state index contributed by atoms with van der Waals surface area (Å²) in [7, 11) is 0. The summed E-state index contributed by atoms with van der Waals surface area (Å²) in [6.45, 7) is 1.66. The van der Waals surface area contributed by atoms with Crippen molar-refractivity contribution >= 4 is 34.2 Å². The molecule has 0 fully saturated rings. The molecule has 0 bridgehead atoms. The molecular formula is C10H12ClFIN. The van der Waals surface area contributed by atoms with Gasteiger partial charge in [-0.2, -0.15) is 0 Å². The smallest absolute Gasteiger partial charge is 0.142 e. The second kappa shape index (κ2) is 6.58. The van der Waals surface area contributed by atoms with Crippen LogP contribution in [0.5, 0.6) is 0 Å². The van der Waals surface area contributed by atoms with Gasteiger partial charge in [-0.3, -0.25) is 0 Å². The molecule has 1 aromatic rings. The fourth-order valence-corrected chi connectivity index (χ4v) is 1.57. The van der Waals surface area contributed by atoms with Gasteiger partial charge in [0.1, 0.15) is 5.82 Å². The number of halogens is 3. The number of alkyl halides is 1. The fourth-order valence-electron chi connectivity index (χ4n) is 1.07. The molecule has 0 spiro atoms. The third-order valence-corrected chi connectivity index (χ3v) is 2.87. The largest absolute Gasteiger partial charge is 0.313 e. The van der Waals surface area contributed by atoms with E-state index in [0.717, 1.165) is 23.0 Å². The normalized spacial score (nSPS) is 10.5. The molecule has 78 valence electrons. The minimum absolute atomic E-state index is 0.181. The van der Waals surface area contributed by atoms with Crippen LogP contribution in [0.4, 0.5) is 4.39 Å². The van der Waals surface area contributed by atoms with Gasteiger partial charge >= 0.3 is 0 Å². The van der Waals surface area contributed by atoms with Crippen LogP contribution in [0.3, 0.4) is 0 Å². The van der Waals surface area contributed by atoms with E-state index in [1.807, 2.05) is 6.07 Å². The van der Waals surface area contributed by atoms with Crippen molar-refractivity contribution in [2.75, 3.05) is 11.0 Å². The van der Waals surface area contributed by atoms with Crippen LogP contribution < -0.4 is 5.32 Å². The van der Waals surface area contributed by atoms with Crippen molar-refractivity contribution in [3.8, 4) is 0 Å². The van der Waals surface area contributed by atoms with Gasteiger partial charge in [-0.05, 0) is 30.7 Å². The van der Waals surface area contributed by atoms with Gasteiger partial charge in [0.05, 0.1) is 5.02 Å². The summed E-state index contributed by atoms with van der Waals surface area (Å²) in [5, 5.41) is 3.42. The van der Waals surface area contributed by atoms with Crippen LogP contribution in [0, 0.1) is 5.82 Å². The van der Waals surface area contributed by atoms with E-state index in [4.69, 9.17) is 11.6 Å². The van der Waals surface area contributed by atoms with Gasteiger partial charge in [0, 0.05) is 11.0 Å². The maximum Gasteiger partial charge on any atom is 0.142 e. The van der Waals surface area contributed by atoms with E-state index in [-0.39, 0.29) is 10.8 Å². The molecular weight excluding hydrogens is 315 g/mol. The topological polar surface area (TPSA) is 12.0 Å². The predicted octanol–water partition coefficient (Wildman–Crippen LogP) is 3.39. The van der Waals surface area contributed by atoms with Gasteiger partial charge in [0.25, 0.3) is 0 Å². The van der Waals surface area contributed by atoms with E-state index in [1.54, 1.807) is 6.07 Å². The molecule has 0 unspecified atom stereocenters. The molecule has 1 nitrogen and oxygen atoms in total. The SMILES string of the molecule is Fc1cc(CNCCCI)ccc1Cl. The second-order valence-corrected chi connectivity index (χ2v) is 4.45. The standard InChI is InChI=1S/C10H12ClFIN/c11-9-3-2-8(6-10(9)12)7-14-5-1-4-13/h2-3,6,14H,1,4-5,7H2. The Morgan fingerprint density at radius 1 is 1.43 bits per heavy atom. The summed E-state index contributed by atoms with van der Waals surface area (Å²) in [5.41, 5.74) is 0.931. The number of nitrogens with one attached hydrogen (secondary N) is 1. The van der Waals surface area contributed by atoms with E-state index in [0.29, 0.717) is 6.54 Å². The van der Waals surface area contributed by atoms with Gasteiger partial charge in [-0.1, -0.05) is 40.3 Å². The van der Waals surface area contributed by atoms with Gasteiger partial charge < -0.3 is 5.32 Å². The molecule has 0 amide bonds. The van der Waals surface area contributed by atoms with Gasteiger partial charge in [0.15, 0.2) is 0 Å². The minimum Gasteiger partial charge on any atom is -0.313 e. The molecule has 0 saturated carbocycles. The third-order valence-electron chi connectivity index (χ3n) is 1.80. The van der Waals surface area contributed by atoms with Crippen molar-refractivity contribution in [3.63, 3.8) is 0 Å². The van der Waals surface area contributed by atoms with Crippen LogP contribution in [0.2, 0.25) is 5.02 Å². The van der Waals surface area contributed by atoms with Gasteiger partial charge in [0.2, 0.25) is 0 Å². The third kappa shape index (κ3) is 4.11. The monoisotopic (exact) mass is 327 g/mol. The summed E-state index contributed by atoms with van der Waals surface area (Å²) < 4.78 is 14.1. The Kier molecular flexibility index (Phi) is 5.74. The molecule has 4 heteroatoms. The highest BCUT2D eigenvalue weighted by molar-refractivity contribution is 14.1. The molecule has 0 radical (unpaired) electrons. The maximum atomic E-state index is 13.0. The Labute approximate surface area is 102 Å². The highest BCUT2D eigenvalue weighted by atomic mass is 127. The first kappa shape index (κ1) is 12.2. The average molecular weight is 328 g/mol. The average Bonchev–Trinajstić information content (AvgIpc) is 2.18. The van der Waals surface area contributed by atoms with Crippen LogP contribution in [0.25, 0.3) is 0 Å². The van der Waals surface area contributed by atoms with Crippen molar-refractivity contribution in [1.29, 1.82) is 0 Å². The zero-order valence-electron chi connectivity index (χ0n) is 7.69. The zero-order chi connectivity index (χ0) is 10.4. The first-order valence-corrected chi connectivity index (χ1v) is 6.35. The van der Waals surface area contributed by atoms with E-state index >= 15 is 0 Å². The molecule has 0 aliphatic rings. The molecule has 1 aromatic carbocycles. The van der Waals surface area contributed by atoms with Crippen LogP contribution >= 0.6 is 34.2 Å². The maximum absolute atomic E-state index is 13.0. The number of hydrogen-bond acceptors (Lipinski definition) is 1. The summed E-state index contributed by atoms with van der Waals surface area (Å²) in [5.74, 6) is -0.347. The molecule has 0 heterocycles. The molecule has 1 N–H and O–H groups in total. The van der Waals surface area contributed by atoms with E-state index in [9.17, 15) is 4.39 Å². The summed E-state index contributed by atoms with van der Waals surface area (Å²) in [4.78, 5) is 0. The molecule has 0 aliphatic carbocycles. The van der Waals surface area contributed by atoms with Crippen LogP contribution in [-0.2, 0) is 6.54 Å². The lowest BCUT2D eigenvalue weighted by atomic mass is 10.2. The van der Waals surface area contributed by atoms with Crippen molar-refractivity contribution in [2.45, 2.75) is 13.0 Å². The molecule has 0 atom stereocenters. The summed E-state index contributed by atoms with van der Waals surface area (Å²) in [6, 6.07) is 4.90. The Morgan fingerprint density at radius 2 is 2.21 bits per heavy atom.